The maximum Gasteiger partial charge on any atom is 0.202 e. The first-order valence-corrected chi connectivity index (χ1v) is 6.95. The molecule has 0 amide bonds. The lowest BCUT2D eigenvalue weighted by atomic mass is 9.75. The lowest BCUT2D eigenvalue weighted by molar-refractivity contribution is 0.229. The van der Waals surface area contributed by atoms with Gasteiger partial charge in [-0.2, -0.15) is 4.37 Å². The Bertz CT molecular complexity index is 346. The zero-order valence-corrected chi connectivity index (χ0v) is 11.2. The molecule has 1 saturated carbocycles. The molecule has 1 aliphatic rings. The van der Waals surface area contributed by atoms with Crippen LogP contribution in [0.25, 0.3) is 0 Å². The lowest BCUT2D eigenvalue weighted by Crippen LogP contribution is -2.31. The van der Waals surface area contributed by atoms with Crippen molar-refractivity contribution < 1.29 is 0 Å². The van der Waals surface area contributed by atoms with E-state index in [1.165, 1.54) is 37.2 Å². The predicted octanol–water partition coefficient (Wildman–Crippen LogP) is 3.48. The highest BCUT2D eigenvalue weighted by Crippen LogP contribution is 2.36. The number of aromatic nitrogens is 2. The number of aryl methyl sites for hydroxylation is 1. The van der Waals surface area contributed by atoms with E-state index in [1.807, 2.05) is 0 Å². The van der Waals surface area contributed by atoms with Gasteiger partial charge in [0.05, 0.1) is 0 Å². The molecule has 90 valence electrons. The molecule has 1 heterocycles. The van der Waals surface area contributed by atoms with Crippen LogP contribution in [0.1, 0.15) is 52.3 Å². The molecule has 4 heteroatoms. The van der Waals surface area contributed by atoms with Crippen LogP contribution < -0.4 is 5.32 Å². The molecular formula is C12H21N3S. The van der Waals surface area contributed by atoms with E-state index >= 15 is 0 Å². The summed E-state index contributed by atoms with van der Waals surface area (Å²) in [4.78, 5) is 4.47. The smallest absolute Gasteiger partial charge is 0.202 e. The first-order chi connectivity index (χ1) is 7.59. The molecule has 0 aromatic carbocycles. The van der Waals surface area contributed by atoms with E-state index in [0.29, 0.717) is 11.5 Å². The SMILES string of the molecule is CCc1nsc(NC2CCCC(C)(C)C2)n1. The maximum atomic E-state index is 4.47. The molecule has 1 aromatic rings. The van der Waals surface area contributed by atoms with E-state index in [2.05, 4.69) is 35.4 Å². The van der Waals surface area contributed by atoms with Crippen LogP contribution in [0.2, 0.25) is 0 Å². The number of nitrogens with zero attached hydrogens (tertiary/aromatic N) is 2. The maximum absolute atomic E-state index is 4.47. The van der Waals surface area contributed by atoms with E-state index in [-0.39, 0.29) is 0 Å². The van der Waals surface area contributed by atoms with Gasteiger partial charge in [0.25, 0.3) is 0 Å². The van der Waals surface area contributed by atoms with E-state index in [9.17, 15) is 0 Å². The quantitative estimate of drug-likeness (QED) is 0.877. The van der Waals surface area contributed by atoms with Gasteiger partial charge in [-0.05, 0) is 24.7 Å². The lowest BCUT2D eigenvalue weighted by Gasteiger charge is -2.35. The molecule has 3 nitrogen and oxygen atoms in total. The fourth-order valence-electron chi connectivity index (χ4n) is 2.45. The summed E-state index contributed by atoms with van der Waals surface area (Å²) in [6, 6.07) is 0.585. The van der Waals surface area contributed by atoms with Gasteiger partial charge in [0.15, 0.2) is 0 Å². The monoisotopic (exact) mass is 239 g/mol. The molecule has 2 rings (SSSR count). The van der Waals surface area contributed by atoms with Crippen molar-refractivity contribution in [1.82, 2.24) is 9.36 Å². The molecule has 0 saturated heterocycles. The topological polar surface area (TPSA) is 37.8 Å². The second-order valence-electron chi connectivity index (χ2n) is 5.47. The molecule has 1 N–H and O–H groups in total. The first kappa shape index (κ1) is 11.8. The van der Waals surface area contributed by atoms with Crippen molar-refractivity contribution in [3.8, 4) is 0 Å². The van der Waals surface area contributed by atoms with Crippen LogP contribution >= 0.6 is 11.5 Å². The Balaban J connectivity index is 1.94. The highest BCUT2D eigenvalue weighted by Gasteiger charge is 2.28. The fraction of sp³-hybridized carbons (Fsp3) is 0.833. The third kappa shape index (κ3) is 2.94. The highest BCUT2D eigenvalue weighted by atomic mass is 32.1. The van der Waals surface area contributed by atoms with Gasteiger partial charge in [-0.3, -0.25) is 0 Å². The largest absolute Gasteiger partial charge is 0.358 e. The minimum absolute atomic E-state index is 0.480. The molecule has 0 radical (unpaired) electrons. The summed E-state index contributed by atoms with van der Waals surface area (Å²) in [7, 11) is 0. The van der Waals surface area contributed by atoms with Crippen molar-refractivity contribution >= 4 is 16.7 Å². The summed E-state index contributed by atoms with van der Waals surface area (Å²) in [5.41, 5.74) is 0.480. The summed E-state index contributed by atoms with van der Waals surface area (Å²) in [5.74, 6) is 0.961. The van der Waals surface area contributed by atoms with Crippen molar-refractivity contribution in [3.63, 3.8) is 0 Å². The molecule has 1 atom stereocenters. The predicted molar refractivity (Wildman–Crippen MR) is 68.9 cm³/mol. The average Bonchev–Trinajstić information content (AvgIpc) is 2.64. The van der Waals surface area contributed by atoms with Crippen LogP contribution in [0.3, 0.4) is 0 Å². The van der Waals surface area contributed by atoms with Gasteiger partial charge in [-0.1, -0.05) is 27.2 Å². The van der Waals surface area contributed by atoms with Gasteiger partial charge < -0.3 is 5.32 Å². The van der Waals surface area contributed by atoms with Crippen molar-refractivity contribution in [2.75, 3.05) is 5.32 Å². The van der Waals surface area contributed by atoms with Crippen LogP contribution in [0.4, 0.5) is 5.13 Å². The van der Waals surface area contributed by atoms with Crippen LogP contribution in [0, 0.1) is 5.41 Å². The Morgan fingerprint density at radius 2 is 2.31 bits per heavy atom. The van der Waals surface area contributed by atoms with Gasteiger partial charge in [0.1, 0.15) is 5.82 Å². The minimum Gasteiger partial charge on any atom is -0.358 e. The number of rotatable bonds is 3. The zero-order chi connectivity index (χ0) is 11.6. The second-order valence-corrected chi connectivity index (χ2v) is 6.22. The Labute approximate surface area is 102 Å². The van der Waals surface area contributed by atoms with Gasteiger partial charge >= 0.3 is 0 Å². The van der Waals surface area contributed by atoms with Crippen molar-refractivity contribution in [2.45, 2.75) is 58.9 Å². The van der Waals surface area contributed by atoms with Crippen molar-refractivity contribution in [2.24, 2.45) is 5.41 Å². The number of anilines is 1. The van der Waals surface area contributed by atoms with Crippen LogP contribution in [-0.2, 0) is 6.42 Å². The van der Waals surface area contributed by atoms with E-state index in [0.717, 1.165) is 17.4 Å². The Morgan fingerprint density at radius 1 is 1.50 bits per heavy atom. The van der Waals surface area contributed by atoms with E-state index in [1.54, 1.807) is 0 Å². The minimum atomic E-state index is 0.480. The Kier molecular flexibility index (Phi) is 3.47. The summed E-state index contributed by atoms with van der Waals surface area (Å²) >= 11 is 1.50. The first-order valence-electron chi connectivity index (χ1n) is 6.18. The standard InChI is InChI=1S/C12H21N3S/c1-4-10-14-11(16-15-10)13-9-6-5-7-12(2,3)8-9/h9H,4-8H2,1-3H3,(H,13,14,15). The Hall–Kier alpha value is -0.640. The summed E-state index contributed by atoms with van der Waals surface area (Å²) in [5, 5.41) is 4.54. The fourth-order valence-corrected chi connectivity index (χ4v) is 3.18. The molecule has 0 spiro atoms. The molecule has 1 aromatic heterocycles. The van der Waals surface area contributed by atoms with Gasteiger partial charge in [0, 0.05) is 24.0 Å². The summed E-state index contributed by atoms with van der Waals surface area (Å²) in [6.07, 6.45) is 6.11. The summed E-state index contributed by atoms with van der Waals surface area (Å²) < 4.78 is 4.30. The van der Waals surface area contributed by atoms with Gasteiger partial charge in [-0.25, -0.2) is 4.98 Å². The summed E-state index contributed by atoms with van der Waals surface area (Å²) in [6.45, 7) is 6.81. The normalized spacial score (nSPS) is 24.3. The number of hydrogen-bond donors (Lipinski definition) is 1. The second kappa shape index (κ2) is 4.70. The molecule has 1 aliphatic carbocycles. The molecule has 0 aliphatic heterocycles. The van der Waals surface area contributed by atoms with Gasteiger partial charge in [-0.15, -0.1) is 0 Å². The molecular weight excluding hydrogens is 218 g/mol. The highest BCUT2D eigenvalue weighted by molar-refractivity contribution is 7.09. The van der Waals surface area contributed by atoms with Crippen LogP contribution in [0.5, 0.6) is 0 Å². The van der Waals surface area contributed by atoms with E-state index < -0.39 is 0 Å². The van der Waals surface area contributed by atoms with Crippen molar-refractivity contribution in [1.29, 1.82) is 0 Å². The molecule has 1 unspecified atom stereocenters. The number of nitrogens with one attached hydrogen (secondary N) is 1. The third-order valence-electron chi connectivity index (χ3n) is 3.32. The zero-order valence-electron chi connectivity index (χ0n) is 10.4. The van der Waals surface area contributed by atoms with Crippen molar-refractivity contribution in [3.05, 3.63) is 5.82 Å². The van der Waals surface area contributed by atoms with Crippen LogP contribution in [-0.4, -0.2) is 15.4 Å². The average molecular weight is 239 g/mol. The number of hydrogen-bond acceptors (Lipinski definition) is 4. The van der Waals surface area contributed by atoms with Crippen LogP contribution in [0.15, 0.2) is 0 Å². The Morgan fingerprint density at radius 3 is 2.94 bits per heavy atom. The van der Waals surface area contributed by atoms with E-state index in [4.69, 9.17) is 0 Å². The molecule has 0 bridgehead atoms. The molecule has 16 heavy (non-hydrogen) atoms. The van der Waals surface area contributed by atoms with Gasteiger partial charge in [0.2, 0.25) is 5.13 Å². The molecule has 1 fully saturated rings. The third-order valence-corrected chi connectivity index (χ3v) is 4.00.